The smallest absolute Gasteiger partial charge is 0.306 e. The number of esters is 3. The van der Waals surface area contributed by atoms with Crippen LogP contribution in [-0.4, -0.2) is 37.2 Å². The fourth-order valence-corrected chi connectivity index (χ4v) is 9.30. The van der Waals surface area contributed by atoms with Crippen molar-refractivity contribution < 1.29 is 28.6 Å². The molecule has 0 saturated carbocycles. The van der Waals surface area contributed by atoms with Crippen molar-refractivity contribution in [2.24, 2.45) is 0 Å². The Hall–Kier alpha value is -2.11. The van der Waals surface area contributed by atoms with Crippen molar-refractivity contribution in [2.45, 2.75) is 348 Å². The van der Waals surface area contributed by atoms with Gasteiger partial charge in [0.15, 0.2) is 6.10 Å². The fraction of sp³-hybridized carbons (Fsp3) is 0.889. The summed E-state index contributed by atoms with van der Waals surface area (Å²) in [4.78, 5) is 37.9. The first-order valence-electron chi connectivity index (χ1n) is 30.8. The Morgan fingerprint density at radius 2 is 0.522 bits per heavy atom. The standard InChI is InChI=1S/C63H118O6/c1-4-7-10-13-15-17-19-21-23-25-27-28-29-30-31-32-33-34-36-37-39-41-43-45-47-50-53-56-62(65)68-59-60(58-67-61(64)55-52-49-12-9-6-3)69-63(66)57-54-51-48-46-44-42-40-38-35-26-24-22-20-18-16-14-11-8-5-2/h19,21,25,27,60H,4-18,20,22-24,26,28-59H2,1-3H3/b21-19-,27-25-. The first kappa shape index (κ1) is 66.9. The Kier molecular flexibility index (Phi) is 56.7. The SMILES string of the molecule is CCCCCCC/C=C\C/C=C\CCCCCCCCCCCCCCCCCC(=O)OCC(COC(=O)CCCCCCC)OC(=O)CCCCCCCCCCCCCCCCCCCCC. The lowest BCUT2D eigenvalue weighted by atomic mass is 10.0. The lowest BCUT2D eigenvalue weighted by Gasteiger charge is -2.18. The highest BCUT2D eigenvalue weighted by Crippen LogP contribution is 2.18. The largest absolute Gasteiger partial charge is 0.462 e. The summed E-state index contributed by atoms with van der Waals surface area (Å²) in [7, 11) is 0. The number of carbonyl (C=O) groups is 3. The highest BCUT2D eigenvalue weighted by Gasteiger charge is 2.19. The zero-order chi connectivity index (χ0) is 50.0. The summed E-state index contributed by atoms with van der Waals surface area (Å²) >= 11 is 0. The molecule has 0 aliphatic rings. The summed E-state index contributed by atoms with van der Waals surface area (Å²) in [5.74, 6) is -0.858. The van der Waals surface area contributed by atoms with E-state index < -0.39 is 6.10 Å². The van der Waals surface area contributed by atoms with Gasteiger partial charge in [-0.2, -0.15) is 0 Å². The predicted molar refractivity (Wildman–Crippen MR) is 298 cm³/mol. The third-order valence-electron chi connectivity index (χ3n) is 14.0. The number of rotatable bonds is 57. The van der Waals surface area contributed by atoms with Gasteiger partial charge >= 0.3 is 17.9 Å². The molecule has 0 rings (SSSR count). The van der Waals surface area contributed by atoms with Crippen LogP contribution in [-0.2, 0) is 28.6 Å². The van der Waals surface area contributed by atoms with Gasteiger partial charge in [-0.05, 0) is 51.4 Å². The molecule has 1 unspecified atom stereocenters. The second-order valence-electron chi connectivity index (χ2n) is 21.0. The summed E-state index contributed by atoms with van der Waals surface area (Å²) in [5, 5.41) is 0. The van der Waals surface area contributed by atoms with E-state index in [1.54, 1.807) is 0 Å². The van der Waals surface area contributed by atoms with E-state index in [0.29, 0.717) is 19.3 Å². The molecule has 0 aromatic heterocycles. The maximum Gasteiger partial charge on any atom is 0.306 e. The van der Waals surface area contributed by atoms with Gasteiger partial charge in [0.25, 0.3) is 0 Å². The van der Waals surface area contributed by atoms with Gasteiger partial charge in [0, 0.05) is 19.3 Å². The molecule has 0 aromatic rings. The van der Waals surface area contributed by atoms with E-state index in [1.165, 1.54) is 231 Å². The minimum absolute atomic E-state index is 0.0663. The summed E-state index contributed by atoms with van der Waals surface area (Å²) in [6.07, 6.45) is 69.5. The molecule has 0 spiro atoms. The number of allylic oxidation sites excluding steroid dienone is 4. The zero-order valence-electron chi connectivity index (χ0n) is 46.6. The van der Waals surface area contributed by atoms with E-state index in [4.69, 9.17) is 14.2 Å². The lowest BCUT2D eigenvalue weighted by molar-refractivity contribution is -0.167. The van der Waals surface area contributed by atoms with Crippen LogP contribution in [0.15, 0.2) is 24.3 Å². The van der Waals surface area contributed by atoms with Gasteiger partial charge in [-0.1, -0.05) is 295 Å². The lowest BCUT2D eigenvalue weighted by Crippen LogP contribution is -2.30. The van der Waals surface area contributed by atoms with Gasteiger partial charge in [0.05, 0.1) is 0 Å². The van der Waals surface area contributed by atoms with E-state index in [1.807, 2.05) is 0 Å². The van der Waals surface area contributed by atoms with E-state index in [0.717, 1.165) is 70.6 Å². The molecule has 0 aliphatic carbocycles. The van der Waals surface area contributed by atoms with Crippen molar-refractivity contribution in [2.75, 3.05) is 13.2 Å². The van der Waals surface area contributed by atoms with Crippen LogP contribution in [0.3, 0.4) is 0 Å². The molecule has 0 amide bonds. The first-order valence-corrected chi connectivity index (χ1v) is 30.8. The van der Waals surface area contributed by atoms with Crippen molar-refractivity contribution in [1.82, 2.24) is 0 Å². The molecule has 0 aliphatic heterocycles. The highest BCUT2D eigenvalue weighted by molar-refractivity contribution is 5.71. The summed E-state index contributed by atoms with van der Waals surface area (Å²) in [5.41, 5.74) is 0. The molecular weight excluding hydrogens is 853 g/mol. The second kappa shape index (κ2) is 58.5. The van der Waals surface area contributed by atoms with Crippen LogP contribution in [0.1, 0.15) is 342 Å². The molecule has 1 atom stereocenters. The quantitative estimate of drug-likeness (QED) is 0.0261. The molecule has 69 heavy (non-hydrogen) atoms. The third-order valence-corrected chi connectivity index (χ3v) is 14.0. The maximum atomic E-state index is 12.8. The van der Waals surface area contributed by atoms with Crippen molar-refractivity contribution in [3.63, 3.8) is 0 Å². The van der Waals surface area contributed by atoms with Crippen molar-refractivity contribution in [3.05, 3.63) is 24.3 Å². The van der Waals surface area contributed by atoms with Gasteiger partial charge in [0.2, 0.25) is 0 Å². The first-order chi connectivity index (χ1) is 34.0. The van der Waals surface area contributed by atoms with Crippen molar-refractivity contribution in [1.29, 1.82) is 0 Å². The Morgan fingerprint density at radius 3 is 0.797 bits per heavy atom. The number of carbonyl (C=O) groups excluding carboxylic acids is 3. The average molecular weight is 972 g/mol. The third kappa shape index (κ3) is 56.7. The van der Waals surface area contributed by atoms with Crippen LogP contribution >= 0.6 is 0 Å². The Bertz CT molecular complexity index is 1110. The number of ether oxygens (including phenoxy) is 3. The molecule has 0 aromatic carbocycles. The van der Waals surface area contributed by atoms with Gasteiger partial charge < -0.3 is 14.2 Å². The van der Waals surface area contributed by atoms with Crippen molar-refractivity contribution in [3.8, 4) is 0 Å². The Morgan fingerprint density at radius 1 is 0.290 bits per heavy atom. The van der Waals surface area contributed by atoms with Crippen molar-refractivity contribution >= 4 is 17.9 Å². The van der Waals surface area contributed by atoms with Gasteiger partial charge in [-0.3, -0.25) is 14.4 Å². The molecule has 6 heteroatoms. The van der Waals surface area contributed by atoms with Gasteiger partial charge in [-0.25, -0.2) is 0 Å². The molecule has 0 saturated heterocycles. The molecule has 0 fully saturated rings. The summed E-state index contributed by atoms with van der Waals surface area (Å²) in [6.45, 7) is 6.60. The fourth-order valence-electron chi connectivity index (χ4n) is 9.30. The van der Waals surface area contributed by atoms with Crippen LogP contribution in [0.5, 0.6) is 0 Å². The minimum Gasteiger partial charge on any atom is -0.462 e. The number of hydrogen-bond acceptors (Lipinski definition) is 6. The van der Waals surface area contributed by atoms with Gasteiger partial charge in [-0.15, -0.1) is 0 Å². The average Bonchev–Trinajstić information content (AvgIpc) is 3.35. The molecule has 6 nitrogen and oxygen atoms in total. The molecule has 0 bridgehead atoms. The predicted octanol–water partition coefficient (Wildman–Crippen LogP) is 20.7. The molecule has 0 heterocycles. The highest BCUT2D eigenvalue weighted by atomic mass is 16.6. The maximum absolute atomic E-state index is 12.8. The molecular formula is C63H118O6. The van der Waals surface area contributed by atoms with E-state index in [9.17, 15) is 14.4 Å². The normalized spacial score (nSPS) is 12.1. The Balaban J connectivity index is 3.98. The van der Waals surface area contributed by atoms with Gasteiger partial charge in [0.1, 0.15) is 13.2 Å². The summed E-state index contributed by atoms with van der Waals surface area (Å²) < 4.78 is 16.8. The van der Waals surface area contributed by atoms with Crippen LogP contribution in [0.2, 0.25) is 0 Å². The number of hydrogen-bond donors (Lipinski definition) is 0. The van der Waals surface area contributed by atoms with E-state index in [-0.39, 0.29) is 31.1 Å². The van der Waals surface area contributed by atoms with E-state index >= 15 is 0 Å². The molecule has 0 radical (unpaired) electrons. The second-order valence-corrected chi connectivity index (χ2v) is 21.0. The van der Waals surface area contributed by atoms with E-state index in [2.05, 4.69) is 45.1 Å². The van der Waals surface area contributed by atoms with Crippen LogP contribution < -0.4 is 0 Å². The van der Waals surface area contributed by atoms with Crippen LogP contribution in [0, 0.1) is 0 Å². The minimum atomic E-state index is -0.763. The van der Waals surface area contributed by atoms with Crippen LogP contribution in [0.25, 0.3) is 0 Å². The molecule has 0 N–H and O–H groups in total. The number of unbranched alkanes of at least 4 members (excludes halogenated alkanes) is 42. The van der Waals surface area contributed by atoms with Crippen LogP contribution in [0.4, 0.5) is 0 Å². The monoisotopic (exact) mass is 971 g/mol. The molecule has 406 valence electrons. The zero-order valence-corrected chi connectivity index (χ0v) is 46.6. The Labute approximate surface area is 430 Å². The topological polar surface area (TPSA) is 78.9 Å². The summed E-state index contributed by atoms with van der Waals surface area (Å²) in [6, 6.07) is 0.